The minimum Gasteiger partial charge on any atom is -0.507 e. The molecule has 1 amide bonds. The summed E-state index contributed by atoms with van der Waals surface area (Å²) in [6.07, 6.45) is 0. The summed E-state index contributed by atoms with van der Waals surface area (Å²) < 4.78 is 27.1. The number of rotatable bonds is 2. The Morgan fingerprint density at radius 3 is 2.60 bits per heavy atom. The third-order valence-electron chi connectivity index (χ3n) is 2.57. The molecule has 0 spiro atoms. The number of carbonyl (C=O) groups is 1. The maximum Gasteiger partial charge on any atom is 0.255 e. The second-order valence-corrected chi connectivity index (χ2v) is 4.80. The van der Waals surface area contributed by atoms with Gasteiger partial charge in [-0.3, -0.25) is 4.79 Å². The third kappa shape index (κ3) is 2.72. The highest BCUT2D eigenvalue weighted by atomic mass is 79.9. The third-order valence-corrected chi connectivity index (χ3v) is 3.24. The number of nitrogen functional groups attached to an aromatic ring is 1. The highest BCUT2D eigenvalue weighted by Gasteiger charge is 2.16. The molecule has 7 heteroatoms. The van der Waals surface area contributed by atoms with E-state index in [4.69, 9.17) is 5.73 Å². The number of anilines is 2. The predicted molar refractivity (Wildman–Crippen MR) is 74.5 cm³/mol. The van der Waals surface area contributed by atoms with Crippen LogP contribution < -0.4 is 11.1 Å². The zero-order valence-corrected chi connectivity index (χ0v) is 11.5. The molecule has 0 atom stereocenters. The van der Waals surface area contributed by atoms with Crippen molar-refractivity contribution in [3.8, 4) is 5.75 Å². The number of nitrogens with two attached hydrogens (primary N) is 1. The largest absolute Gasteiger partial charge is 0.507 e. The molecule has 4 N–H and O–H groups in total. The van der Waals surface area contributed by atoms with Gasteiger partial charge in [0.15, 0.2) is 11.6 Å². The molecule has 0 radical (unpaired) electrons. The first-order valence-electron chi connectivity index (χ1n) is 5.43. The van der Waals surface area contributed by atoms with Crippen LogP contribution in [0.15, 0.2) is 34.8 Å². The number of aromatic hydroxyl groups is 1. The first kappa shape index (κ1) is 14.3. The monoisotopic (exact) mass is 342 g/mol. The second-order valence-electron chi connectivity index (χ2n) is 3.95. The van der Waals surface area contributed by atoms with Gasteiger partial charge in [-0.2, -0.15) is 0 Å². The standard InChI is InChI=1S/C13H9BrF2N2O2/c14-7-2-1-6(5-10(7)19)13(20)18-12-9(17)4-3-8(15)11(12)16/h1-5,19H,17H2,(H,18,20). The summed E-state index contributed by atoms with van der Waals surface area (Å²) in [5, 5.41) is 11.7. The molecular weight excluding hydrogens is 334 g/mol. The summed E-state index contributed by atoms with van der Waals surface area (Å²) in [6, 6.07) is 6.06. The summed E-state index contributed by atoms with van der Waals surface area (Å²) in [5.41, 5.74) is 5.04. The van der Waals surface area contributed by atoms with Crippen LogP contribution in [0.25, 0.3) is 0 Å². The molecule has 0 aromatic heterocycles. The van der Waals surface area contributed by atoms with E-state index in [1.165, 1.54) is 18.2 Å². The maximum absolute atomic E-state index is 13.6. The van der Waals surface area contributed by atoms with Gasteiger partial charge in [0.2, 0.25) is 0 Å². The molecule has 20 heavy (non-hydrogen) atoms. The first-order chi connectivity index (χ1) is 9.40. The number of hydrogen-bond acceptors (Lipinski definition) is 3. The predicted octanol–water partition coefficient (Wildman–Crippen LogP) is 3.27. The second kappa shape index (κ2) is 5.46. The number of halogens is 3. The van der Waals surface area contributed by atoms with Crippen molar-refractivity contribution in [1.29, 1.82) is 0 Å². The molecule has 0 fully saturated rings. The molecule has 104 valence electrons. The highest BCUT2D eigenvalue weighted by molar-refractivity contribution is 9.10. The zero-order valence-electron chi connectivity index (χ0n) is 9.95. The van der Waals surface area contributed by atoms with Crippen LogP contribution in [-0.2, 0) is 0 Å². The molecule has 2 aromatic rings. The van der Waals surface area contributed by atoms with Crippen molar-refractivity contribution in [3.05, 3.63) is 52.0 Å². The number of phenols is 1. The van der Waals surface area contributed by atoms with E-state index in [1.807, 2.05) is 0 Å². The van der Waals surface area contributed by atoms with E-state index in [2.05, 4.69) is 21.2 Å². The Balaban J connectivity index is 2.32. The Labute approximate surface area is 121 Å². The minimum absolute atomic E-state index is 0.0776. The van der Waals surface area contributed by atoms with Crippen molar-refractivity contribution < 1.29 is 18.7 Å². The number of phenolic OH excluding ortho intramolecular Hbond substituents is 1. The van der Waals surface area contributed by atoms with Gasteiger partial charge in [0, 0.05) is 5.56 Å². The fourth-order valence-electron chi connectivity index (χ4n) is 1.53. The van der Waals surface area contributed by atoms with E-state index in [0.29, 0.717) is 4.47 Å². The van der Waals surface area contributed by atoms with Gasteiger partial charge in [0.1, 0.15) is 11.4 Å². The molecule has 0 aliphatic rings. The van der Waals surface area contributed by atoms with Crippen molar-refractivity contribution >= 4 is 33.2 Å². The lowest BCUT2D eigenvalue weighted by molar-refractivity contribution is 0.102. The molecule has 0 aliphatic carbocycles. The van der Waals surface area contributed by atoms with Crippen LogP contribution in [0.5, 0.6) is 5.75 Å². The van der Waals surface area contributed by atoms with Gasteiger partial charge >= 0.3 is 0 Å². The average molecular weight is 343 g/mol. The average Bonchev–Trinajstić information content (AvgIpc) is 2.42. The molecule has 2 aromatic carbocycles. The maximum atomic E-state index is 13.6. The van der Waals surface area contributed by atoms with Crippen molar-refractivity contribution in [2.45, 2.75) is 0 Å². The molecule has 0 aliphatic heterocycles. The Bertz CT molecular complexity index is 692. The van der Waals surface area contributed by atoms with Crippen LogP contribution in [0.4, 0.5) is 20.2 Å². The van der Waals surface area contributed by atoms with Crippen LogP contribution in [0, 0.1) is 11.6 Å². The summed E-state index contributed by atoms with van der Waals surface area (Å²) in [5.74, 6) is -3.22. The molecule has 2 rings (SSSR count). The summed E-state index contributed by atoms with van der Waals surface area (Å²) in [6.45, 7) is 0. The number of benzene rings is 2. The molecule has 0 saturated heterocycles. The van der Waals surface area contributed by atoms with Crippen LogP contribution in [0.2, 0.25) is 0 Å². The lowest BCUT2D eigenvalue weighted by Gasteiger charge is -2.10. The first-order valence-corrected chi connectivity index (χ1v) is 6.23. The Hall–Kier alpha value is -2.15. The Kier molecular flexibility index (Phi) is 3.89. The lowest BCUT2D eigenvalue weighted by atomic mass is 10.2. The fourth-order valence-corrected chi connectivity index (χ4v) is 1.78. The number of amides is 1. The molecule has 0 heterocycles. The van der Waals surface area contributed by atoms with Gasteiger partial charge < -0.3 is 16.2 Å². The summed E-state index contributed by atoms with van der Waals surface area (Å²) in [7, 11) is 0. The van der Waals surface area contributed by atoms with E-state index in [-0.39, 0.29) is 17.0 Å². The number of nitrogens with one attached hydrogen (secondary N) is 1. The van der Waals surface area contributed by atoms with Crippen LogP contribution in [0.1, 0.15) is 10.4 Å². The normalized spacial score (nSPS) is 10.3. The summed E-state index contributed by atoms with van der Waals surface area (Å²) >= 11 is 3.07. The van der Waals surface area contributed by atoms with E-state index in [0.717, 1.165) is 12.1 Å². The van der Waals surface area contributed by atoms with Gasteiger partial charge in [-0.25, -0.2) is 8.78 Å². The Morgan fingerprint density at radius 2 is 1.95 bits per heavy atom. The van der Waals surface area contributed by atoms with Gasteiger partial charge in [0.25, 0.3) is 5.91 Å². The van der Waals surface area contributed by atoms with Crippen molar-refractivity contribution in [2.75, 3.05) is 11.1 Å². The van der Waals surface area contributed by atoms with Crippen molar-refractivity contribution in [2.24, 2.45) is 0 Å². The van der Waals surface area contributed by atoms with Crippen molar-refractivity contribution in [3.63, 3.8) is 0 Å². The lowest BCUT2D eigenvalue weighted by Crippen LogP contribution is -2.15. The molecular formula is C13H9BrF2N2O2. The SMILES string of the molecule is Nc1ccc(F)c(F)c1NC(=O)c1ccc(Br)c(O)c1. The highest BCUT2D eigenvalue weighted by Crippen LogP contribution is 2.27. The van der Waals surface area contributed by atoms with Gasteiger partial charge in [-0.15, -0.1) is 0 Å². The Morgan fingerprint density at radius 1 is 1.25 bits per heavy atom. The van der Waals surface area contributed by atoms with E-state index in [1.54, 1.807) is 0 Å². The fraction of sp³-hybridized carbons (Fsp3) is 0. The number of hydrogen-bond donors (Lipinski definition) is 3. The van der Waals surface area contributed by atoms with Gasteiger partial charge in [-0.1, -0.05) is 0 Å². The number of carbonyl (C=O) groups excluding carboxylic acids is 1. The van der Waals surface area contributed by atoms with Crippen molar-refractivity contribution in [1.82, 2.24) is 0 Å². The van der Waals surface area contributed by atoms with E-state index >= 15 is 0 Å². The minimum atomic E-state index is -1.24. The molecule has 0 unspecified atom stereocenters. The van der Waals surface area contributed by atoms with E-state index < -0.39 is 23.2 Å². The summed E-state index contributed by atoms with van der Waals surface area (Å²) in [4.78, 5) is 11.9. The van der Waals surface area contributed by atoms with Gasteiger partial charge in [-0.05, 0) is 46.3 Å². The van der Waals surface area contributed by atoms with Crippen LogP contribution in [-0.4, -0.2) is 11.0 Å². The molecule has 0 saturated carbocycles. The van der Waals surface area contributed by atoms with E-state index in [9.17, 15) is 18.7 Å². The molecule has 0 bridgehead atoms. The van der Waals surface area contributed by atoms with Crippen LogP contribution in [0.3, 0.4) is 0 Å². The van der Waals surface area contributed by atoms with Crippen LogP contribution >= 0.6 is 15.9 Å². The smallest absolute Gasteiger partial charge is 0.255 e. The van der Waals surface area contributed by atoms with Gasteiger partial charge in [0.05, 0.1) is 10.2 Å². The quantitative estimate of drug-likeness (QED) is 0.733. The topological polar surface area (TPSA) is 75.3 Å². The zero-order chi connectivity index (χ0) is 14.9. The molecule has 4 nitrogen and oxygen atoms in total.